The molecule has 0 aromatic heterocycles. The number of thiocarbonyl (C=S) groups is 1. The molecule has 0 bridgehead atoms. The number of hydrogen-bond donors (Lipinski definition) is 0. The Bertz CT molecular complexity index is 813. The molecule has 3 amide bonds. The van der Waals surface area contributed by atoms with Crippen LogP contribution in [0.25, 0.3) is 0 Å². The van der Waals surface area contributed by atoms with E-state index in [0.29, 0.717) is 23.5 Å². The summed E-state index contributed by atoms with van der Waals surface area (Å²) in [4.78, 5) is 39.7. The number of benzene rings is 1. The largest absolute Gasteiger partial charge is 0.428 e. The molecule has 6 heteroatoms. The van der Waals surface area contributed by atoms with Crippen LogP contribution in [0.15, 0.2) is 30.3 Å². The molecule has 0 aliphatic rings. The smallest absolute Gasteiger partial charge is 0.328 e. The third kappa shape index (κ3) is 20.5. The van der Waals surface area contributed by atoms with Crippen molar-refractivity contribution in [2.75, 3.05) is 7.05 Å². The van der Waals surface area contributed by atoms with Gasteiger partial charge in [-0.2, -0.15) is 0 Å². The van der Waals surface area contributed by atoms with E-state index in [0.717, 1.165) is 63.4 Å². The lowest BCUT2D eigenvalue weighted by Crippen LogP contribution is -2.57. The predicted molar refractivity (Wildman–Crippen MR) is 195 cm³/mol. The number of carbonyl (C=O) groups excluding carboxylic acids is 3. The van der Waals surface area contributed by atoms with E-state index < -0.39 is 4.48 Å². The number of unbranched alkanes of at least 4 members (excludes halogenated alkanes) is 18. The predicted octanol–water partition coefficient (Wildman–Crippen LogP) is 11.3. The average molecular weight is 648 g/mol. The van der Waals surface area contributed by atoms with Crippen molar-refractivity contribution in [2.24, 2.45) is 0 Å². The van der Waals surface area contributed by atoms with Gasteiger partial charge < -0.3 is 24.8 Å². The minimum atomic E-state index is -0.596. The standard InChI is InChI=1S/C31H60NO3.C7H6S2/c1-5-8-11-14-17-20-23-26-29(33)32(4,30(34)27-24-21-18-15-12-9-6-2)31(35)28-25-22-19-16-13-10-7-3;8-7(9)6-4-2-1-3-5-6/h5-28H2,1-4H3;1-5H,(H,8,9)/q+1;/p-1. The van der Waals surface area contributed by atoms with Crippen LogP contribution in [-0.2, 0) is 27.0 Å². The number of quaternary nitrogens is 1. The van der Waals surface area contributed by atoms with Gasteiger partial charge in [-0.25, -0.2) is 14.4 Å². The molecule has 0 aliphatic carbocycles. The Morgan fingerprint density at radius 3 is 1.05 bits per heavy atom. The summed E-state index contributed by atoms with van der Waals surface area (Å²) in [5.74, 6) is -0.543. The zero-order chi connectivity index (χ0) is 32.9. The minimum Gasteiger partial charge on any atom is -0.428 e. The highest BCUT2D eigenvalue weighted by Crippen LogP contribution is 2.20. The Morgan fingerprint density at radius 1 is 0.523 bits per heavy atom. The second kappa shape index (κ2) is 28.9. The van der Waals surface area contributed by atoms with E-state index >= 15 is 0 Å². The fourth-order valence-electron chi connectivity index (χ4n) is 5.36. The molecule has 0 N–H and O–H groups in total. The summed E-state index contributed by atoms with van der Waals surface area (Å²) in [6, 6.07) is 9.61. The lowest BCUT2D eigenvalue weighted by Gasteiger charge is -2.26. The number of amides is 3. The summed E-state index contributed by atoms with van der Waals surface area (Å²) in [6.45, 7) is 6.64. The fourth-order valence-corrected chi connectivity index (χ4v) is 5.63. The second-order valence-electron chi connectivity index (χ2n) is 12.5. The first kappa shape index (κ1) is 42.5. The third-order valence-corrected chi connectivity index (χ3v) is 8.96. The molecule has 0 heterocycles. The SMILES string of the molecule is CCCCCCCCCC(=O)[N+](C)(C(=O)CCCCCCCCC)C(=O)CCCCCCCCC.S=C([S-])c1ccccc1. The normalized spacial score (nSPS) is 11.1. The van der Waals surface area contributed by atoms with Crippen LogP contribution in [-0.4, -0.2) is 33.4 Å². The van der Waals surface area contributed by atoms with Crippen LogP contribution in [0.4, 0.5) is 0 Å². The van der Waals surface area contributed by atoms with Crippen molar-refractivity contribution in [1.29, 1.82) is 0 Å². The molecular formula is C38H65NO3S2. The van der Waals surface area contributed by atoms with Crippen molar-refractivity contribution in [3.8, 4) is 0 Å². The maximum Gasteiger partial charge on any atom is 0.328 e. The van der Waals surface area contributed by atoms with E-state index in [1.54, 1.807) is 7.05 Å². The maximum atomic E-state index is 13.2. The van der Waals surface area contributed by atoms with Gasteiger partial charge in [-0.15, -0.1) is 8.68 Å². The molecule has 0 fully saturated rings. The summed E-state index contributed by atoms with van der Waals surface area (Å²) in [5.41, 5.74) is 0.961. The van der Waals surface area contributed by atoms with Crippen LogP contribution in [0.5, 0.6) is 0 Å². The molecule has 1 rings (SSSR count). The van der Waals surface area contributed by atoms with Gasteiger partial charge in [0.1, 0.15) is 0 Å². The summed E-state index contributed by atoms with van der Waals surface area (Å²) in [6.07, 6.45) is 24.7. The Morgan fingerprint density at radius 2 is 0.795 bits per heavy atom. The first-order valence-electron chi connectivity index (χ1n) is 18.0. The summed E-state index contributed by atoms with van der Waals surface area (Å²) < 4.78 is -0.0581. The Balaban J connectivity index is 0.00000174. The van der Waals surface area contributed by atoms with Crippen LogP contribution >= 0.6 is 12.2 Å². The van der Waals surface area contributed by atoms with Gasteiger partial charge in [-0.1, -0.05) is 167 Å². The van der Waals surface area contributed by atoms with Crippen molar-refractivity contribution < 1.29 is 18.9 Å². The van der Waals surface area contributed by atoms with E-state index in [2.05, 4.69) is 20.8 Å². The Labute approximate surface area is 282 Å². The van der Waals surface area contributed by atoms with E-state index in [1.165, 1.54) is 77.0 Å². The molecule has 1 aromatic carbocycles. The highest BCUT2D eigenvalue weighted by molar-refractivity contribution is 8.01. The molecule has 44 heavy (non-hydrogen) atoms. The molecule has 252 valence electrons. The lowest BCUT2D eigenvalue weighted by atomic mass is 10.0. The first-order valence-corrected chi connectivity index (χ1v) is 18.8. The van der Waals surface area contributed by atoms with Crippen LogP contribution in [0.1, 0.15) is 180 Å². The van der Waals surface area contributed by atoms with Crippen molar-refractivity contribution in [3.05, 3.63) is 35.9 Å². The Kier molecular flexibility index (Phi) is 28.0. The van der Waals surface area contributed by atoms with E-state index in [4.69, 9.17) is 24.8 Å². The molecule has 4 nitrogen and oxygen atoms in total. The topological polar surface area (TPSA) is 51.2 Å². The van der Waals surface area contributed by atoms with Gasteiger partial charge in [-0.3, -0.25) is 0 Å². The number of carbonyl (C=O) groups is 3. The van der Waals surface area contributed by atoms with Gasteiger partial charge in [0.05, 0.1) is 26.3 Å². The van der Waals surface area contributed by atoms with Gasteiger partial charge in [0.25, 0.3) is 0 Å². The molecule has 0 atom stereocenters. The molecule has 0 radical (unpaired) electrons. The van der Waals surface area contributed by atoms with E-state index in [1.807, 2.05) is 30.3 Å². The van der Waals surface area contributed by atoms with Crippen LogP contribution in [0.3, 0.4) is 0 Å². The summed E-state index contributed by atoms with van der Waals surface area (Å²) in [7, 11) is 1.59. The number of hydrogen-bond acceptors (Lipinski definition) is 5. The summed E-state index contributed by atoms with van der Waals surface area (Å²) in [5, 5.41) is 0. The highest BCUT2D eigenvalue weighted by atomic mass is 32.1. The summed E-state index contributed by atoms with van der Waals surface area (Å²) >= 11 is 9.55. The molecule has 0 saturated heterocycles. The van der Waals surface area contributed by atoms with E-state index in [9.17, 15) is 14.4 Å². The van der Waals surface area contributed by atoms with Gasteiger partial charge in [0.2, 0.25) is 0 Å². The van der Waals surface area contributed by atoms with Crippen LogP contribution in [0.2, 0.25) is 0 Å². The van der Waals surface area contributed by atoms with Crippen LogP contribution < -0.4 is 0 Å². The van der Waals surface area contributed by atoms with Crippen molar-refractivity contribution in [2.45, 2.75) is 175 Å². The monoisotopic (exact) mass is 647 g/mol. The molecule has 0 unspecified atom stereocenters. The molecular weight excluding hydrogens is 583 g/mol. The van der Waals surface area contributed by atoms with Crippen molar-refractivity contribution in [1.82, 2.24) is 0 Å². The van der Waals surface area contributed by atoms with Crippen LogP contribution in [0, 0.1) is 0 Å². The quantitative estimate of drug-likeness (QED) is 0.0457. The molecule has 0 saturated carbocycles. The minimum absolute atomic E-state index is 0.181. The van der Waals surface area contributed by atoms with Crippen molar-refractivity contribution >= 4 is 46.8 Å². The lowest BCUT2D eigenvalue weighted by molar-refractivity contribution is -0.681. The fraction of sp³-hybridized carbons (Fsp3) is 0.737. The number of rotatable bonds is 25. The third-order valence-electron chi connectivity index (χ3n) is 8.49. The van der Waals surface area contributed by atoms with E-state index in [-0.39, 0.29) is 17.7 Å². The van der Waals surface area contributed by atoms with Gasteiger partial charge in [0.15, 0.2) is 0 Å². The number of imide groups is 3. The molecule has 1 aromatic rings. The molecule has 0 aliphatic heterocycles. The van der Waals surface area contributed by atoms with Gasteiger partial charge in [-0.05, 0) is 24.8 Å². The zero-order valence-corrected chi connectivity index (χ0v) is 30.5. The van der Waals surface area contributed by atoms with Gasteiger partial charge >= 0.3 is 17.7 Å². The second-order valence-corrected chi connectivity index (χ2v) is 13.5. The first-order chi connectivity index (χ1) is 21.2. The zero-order valence-electron chi connectivity index (χ0n) is 28.8. The van der Waals surface area contributed by atoms with Crippen molar-refractivity contribution in [3.63, 3.8) is 0 Å². The Hall–Kier alpha value is -1.50. The average Bonchev–Trinajstić information content (AvgIpc) is 3.03. The van der Waals surface area contributed by atoms with Gasteiger partial charge in [0, 0.05) is 0 Å². The highest BCUT2D eigenvalue weighted by Gasteiger charge is 2.45. The molecule has 0 spiro atoms. The number of nitrogens with zero attached hydrogens (tertiary/aromatic N) is 1. The maximum absolute atomic E-state index is 13.2.